The second-order valence-corrected chi connectivity index (χ2v) is 5.30. The summed E-state index contributed by atoms with van der Waals surface area (Å²) in [6.07, 6.45) is -0.245. The van der Waals surface area contributed by atoms with Crippen LogP contribution in [0.5, 0.6) is 0 Å². The molecule has 21 heavy (non-hydrogen) atoms. The number of likely N-dealkylation sites (N-methyl/N-ethyl adjacent to an activating group) is 1. The van der Waals surface area contributed by atoms with E-state index in [4.69, 9.17) is 4.74 Å². The molecule has 0 amide bonds. The van der Waals surface area contributed by atoms with Crippen LogP contribution < -0.4 is 12.4 Å². The van der Waals surface area contributed by atoms with Crippen LogP contribution in [-0.2, 0) is 4.74 Å². The fourth-order valence-electron chi connectivity index (χ4n) is 2.30. The second-order valence-electron chi connectivity index (χ2n) is 5.30. The van der Waals surface area contributed by atoms with Crippen molar-refractivity contribution in [3.8, 4) is 0 Å². The van der Waals surface area contributed by atoms with Crippen molar-refractivity contribution in [2.45, 2.75) is 13.0 Å². The van der Waals surface area contributed by atoms with Gasteiger partial charge < -0.3 is 22.0 Å². The summed E-state index contributed by atoms with van der Waals surface area (Å²) < 4.78 is 18.8. The first-order valence-electron chi connectivity index (χ1n) is 6.92. The third-order valence-electron chi connectivity index (χ3n) is 3.51. The Kier molecular flexibility index (Phi) is 7.08. The average molecular weight is 316 g/mol. The number of nitrogens with zero attached hydrogens (tertiary/aromatic N) is 2. The van der Waals surface area contributed by atoms with Gasteiger partial charge in [-0.25, -0.2) is 9.18 Å². The average Bonchev–Trinajstić information content (AvgIpc) is 2.41. The molecule has 1 aromatic carbocycles. The number of carbonyl (C=O) groups is 1. The predicted octanol–water partition coefficient (Wildman–Crippen LogP) is -1.38. The number of benzene rings is 1. The lowest BCUT2D eigenvalue weighted by Gasteiger charge is -2.33. The van der Waals surface area contributed by atoms with Gasteiger partial charge in [0, 0.05) is 32.7 Å². The number of hydrogen-bond donors (Lipinski definition) is 0. The Morgan fingerprint density at radius 2 is 1.90 bits per heavy atom. The van der Waals surface area contributed by atoms with Crippen LogP contribution in [0.2, 0.25) is 0 Å². The molecule has 118 valence electrons. The van der Waals surface area contributed by atoms with Crippen molar-refractivity contribution < 1.29 is 26.3 Å². The Balaban J connectivity index is 0.00000220. The zero-order valence-electron chi connectivity index (χ0n) is 12.4. The number of halogens is 2. The fourth-order valence-corrected chi connectivity index (χ4v) is 2.30. The Labute approximate surface area is 131 Å². The summed E-state index contributed by atoms with van der Waals surface area (Å²) in [7, 11) is 2.10. The van der Waals surface area contributed by atoms with E-state index >= 15 is 0 Å². The van der Waals surface area contributed by atoms with Gasteiger partial charge in [-0.2, -0.15) is 0 Å². The molecule has 0 spiro atoms. The highest BCUT2D eigenvalue weighted by atomic mass is 35.5. The molecule has 0 aromatic heterocycles. The van der Waals surface area contributed by atoms with Crippen LogP contribution in [0.1, 0.15) is 17.3 Å². The van der Waals surface area contributed by atoms with Crippen LogP contribution in [0.4, 0.5) is 4.39 Å². The highest BCUT2D eigenvalue weighted by Crippen LogP contribution is 2.10. The van der Waals surface area contributed by atoms with E-state index in [0.717, 1.165) is 26.2 Å². The minimum absolute atomic E-state index is 0. The van der Waals surface area contributed by atoms with Gasteiger partial charge in [0.25, 0.3) is 0 Å². The minimum Gasteiger partial charge on any atom is -1.00 e. The molecule has 1 atom stereocenters. The van der Waals surface area contributed by atoms with Crippen LogP contribution in [0.3, 0.4) is 0 Å². The normalized spacial score (nSPS) is 17.9. The lowest BCUT2D eigenvalue weighted by atomic mass is 10.2. The van der Waals surface area contributed by atoms with E-state index in [1.807, 2.05) is 6.92 Å². The Bertz CT molecular complexity index is 465. The van der Waals surface area contributed by atoms with Crippen molar-refractivity contribution in [1.29, 1.82) is 0 Å². The molecule has 0 saturated carbocycles. The van der Waals surface area contributed by atoms with Crippen molar-refractivity contribution in [2.24, 2.45) is 0 Å². The first kappa shape index (κ1) is 17.9. The van der Waals surface area contributed by atoms with Gasteiger partial charge in [-0.3, -0.25) is 4.90 Å². The zero-order chi connectivity index (χ0) is 14.5. The zero-order valence-corrected chi connectivity index (χ0v) is 13.1. The fraction of sp³-hybridized carbons (Fsp3) is 0.533. The summed E-state index contributed by atoms with van der Waals surface area (Å²) in [5.74, 6) is -1.13. The van der Waals surface area contributed by atoms with Crippen LogP contribution in [-0.4, -0.2) is 61.6 Å². The summed E-state index contributed by atoms with van der Waals surface area (Å²) in [5, 5.41) is 0. The number of piperazine rings is 1. The molecule has 1 aromatic rings. The third-order valence-corrected chi connectivity index (χ3v) is 3.51. The summed E-state index contributed by atoms with van der Waals surface area (Å²) in [6.45, 7) is 6.52. The van der Waals surface area contributed by atoms with E-state index < -0.39 is 11.8 Å². The molecule has 1 saturated heterocycles. The number of ether oxygens (including phenoxy) is 1. The first-order chi connectivity index (χ1) is 9.56. The van der Waals surface area contributed by atoms with Crippen LogP contribution in [0.15, 0.2) is 24.3 Å². The monoisotopic (exact) mass is 315 g/mol. The van der Waals surface area contributed by atoms with Gasteiger partial charge in [0.1, 0.15) is 11.9 Å². The van der Waals surface area contributed by atoms with Crippen molar-refractivity contribution in [3.63, 3.8) is 0 Å². The Morgan fingerprint density at radius 1 is 1.29 bits per heavy atom. The SMILES string of the molecule is CC(CN1CCN(C)CC1)OC(=O)c1ccccc1F.[Cl-]. The van der Waals surface area contributed by atoms with E-state index in [2.05, 4.69) is 16.8 Å². The molecule has 1 heterocycles. The van der Waals surface area contributed by atoms with Crippen molar-refractivity contribution in [3.05, 3.63) is 35.6 Å². The smallest absolute Gasteiger partial charge is 0.341 e. The quantitative estimate of drug-likeness (QED) is 0.642. The number of carbonyl (C=O) groups excluding carboxylic acids is 1. The van der Waals surface area contributed by atoms with Crippen LogP contribution in [0, 0.1) is 5.82 Å². The van der Waals surface area contributed by atoms with E-state index in [1.165, 1.54) is 12.1 Å². The maximum atomic E-state index is 13.5. The van der Waals surface area contributed by atoms with Gasteiger partial charge >= 0.3 is 5.97 Å². The van der Waals surface area contributed by atoms with E-state index in [-0.39, 0.29) is 24.1 Å². The van der Waals surface area contributed by atoms with E-state index in [9.17, 15) is 9.18 Å². The highest BCUT2D eigenvalue weighted by Gasteiger charge is 2.20. The standard InChI is InChI=1S/C15H21FN2O2.ClH/c1-12(11-18-9-7-17(2)8-10-18)20-15(19)13-5-3-4-6-14(13)16;/h3-6,12H,7-11H2,1-2H3;1H/p-1. The lowest BCUT2D eigenvalue weighted by molar-refractivity contribution is -0.0000500. The molecule has 4 nitrogen and oxygen atoms in total. The summed E-state index contributed by atoms with van der Waals surface area (Å²) in [6, 6.07) is 5.90. The number of esters is 1. The number of hydrogen-bond acceptors (Lipinski definition) is 4. The van der Waals surface area contributed by atoms with Gasteiger partial charge in [0.2, 0.25) is 0 Å². The number of rotatable bonds is 4. The van der Waals surface area contributed by atoms with Gasteiger partial charge in [-0.05, 0) is 26.1 Å². The van der Waals surface area contributed by atoms with Gasteiger partial charge in [-0.15, -0.1) is 0 Å². The Morgan fingerprint density at radius 3 is 2.52 bits per heavy atom. The van der Waals surface area contributed by atoms with Gasteiger partial charge in [-0.1, -0.05) is 12.1 Å². The topological polar surface area (TPSA) is 32.8 Å². The molecule has 0 aliphatic carbocycles. The van der Waals surface area contributed by atoms with Crippen molar-refractivity contribution in [2.75, 3.05) is 39.8 Å². The van der Waals surface area contributed by atoms with E-state index in [0.29, 0.717) is 6.54 Å². The first-order valence-corrected chi connectivity index (χ1v) is 6.92. The van der Waals surface area contributed by atoms with Gasteiger partial charge in [0.05, 0.1) is 5.56 Å². The van der Waals surface area contributed by atoms with Gasteiger partial charge in [0.15, 0.2) is 0 Å². The molecule has 1 aliphatic heterocycles. The molecule has 2 rings (SSSR count). The summed E-state index contributed by atoms with van der Waals surface area (Å²) in [4.78, 5) is 16.4. The third kappa shape index (κ3) is 5.26. The highest BCUT2D eigenvalue weighted by molar-refractivity contribution is 5.89. The molecule has 0 N–H and O–H groups in total. The van der Waals surface area contributed by atoms with Crippen molar-refractivity contribution >= 4 is 5.97 Å². The summed E-state index contributed by atoms with van der Waals surface area (Å²) in [5.41, 5.74) is -0.00210. The molecule has 0 radical (unpaired) electrons. The molecule has 1 aliphatic rings. The van der Waals surface area contributed by atoms with Crippen LogP contribution >= 0.6 is 0 Å². The maximum Gasteiger partial charge on any atom is 0.341 e. The molecule has 1 fully saturated rings. The molecule has 1 unspecified atom stereocenters. The second kappa shape index (κ2) is 8.32. The molecular weight excluding hydrogens is 295 g/mol. The maximum absolute atomic E-state index is 13.5. The van der Waals surface area contributed by atoms with E-state index in [1.54, 1.807) is 12.1 Å². The van der Waals surface area contributed by atoms with Crippen LogP contribution in [0.25, 0.3) is 0 Å². The largest absolute Gasteiger partial charge is 1.00 e. The molecule has 6 heteroatoms. The van der Waals surface area contributed by atoms with Crippen molar-refractivity contribution in [1.82, 2.24) is 9.80 Å². The lowest BCUT2D eigenvalue weighted by Crippen LogP contribution is -3.00. The minimum atomic E-state index is -0.593. The predicted molar refractivity (Wildman–Crippen MR) is 75.2 cm³/mol. The summed E-state index contributed by atoms with van der Waals surface area (Å²) >= 11 is 0. The molecular formula is C15H21ClFN2O2-. The molecule has 0 bridgehead atoms. The Hall–Kier alpha value is -1.17.